The number of rotatable bonds is 5. The summed E-state index contributed by atoms with van der Waals surface area (Å²) >= 11 is 1.46. The van der Waals surface area contributed by atoms with Crippen LogP contribution in [0.2, 0.25) is 0 Å². The summed E-state index contributed by atoms with van der Waals surface area (Å²) in [7, 11) is 0. The van der Waals surface area contributed by atoms with Gasteiger partial charge in [0.05, 0.1) is 16.8 Å². The molecule has 0 radical (unpaired) electrons. The maximum Gasteiger partial charge on any atom is 0.339 e. The lowest BCUT2D eigenvalue weighted by molar-refractivity contribution is -0.477. The molecule has 144 valence electrons. The molecular formula is C22H20N5OS+. The molecule has 6 N–H and O–H groups in total. The molecule has 0 saturated heterocycles. The molecule has 7 heteroatoms. The first-order chi connectivity index (χ1) is 14.1. The molecule has 6 nitrogen and oxygen atoms in total. The van der Waals surface area contributed by atoms with E-state index in [-0.39, 0.29) is 11.9 Å². The number of aromatic nitrogens is 1. The van der Waals surface area contributed by atoms with Crippen molar-refractivity contribution in [1.29, 1.82) is 0 Å². The zero-order valence-corrected chi connectivity index (χ0v) is 16.4. The van der Waals surface area contributed by atoms with Gasteiger partial charge in [0.25, 0.3) is 5.91 Å². The Bertz CT molecular complexity index is 1200. The van der Waals surface area contributed by atoms with Crippen LogP contribution in [0, 0.1) is 0 Å². The second-order valence-corrected chi connectivity index (χ2v) is 7.56. The number of hydrogen-bond donors (Lipinski definition) is 4. The third-order valence-corrected chi connectivity index (χ3v) is 5.34. The normalized spacial score (nSPS) is 10.6. The molecule has 0 aliphatic carbocycles. The van der Waals surface area contributed by atoms with Gasteiger partial charge in [0.2, 0.25) is 0 Å². The summed E-state index contributed by atoms with van der Waals surface area (Å²) in [6, 6.07) is 23.6. The van der Waals surface area contributed by atoms with Crippen molar-refractivity contribution in [1.82, 2.24) is 4.98 Å². The monoisotopic (exact) mass is 402 g/mol. The Labute approximate surface area is 171 Å². The van der Waals surface area contributed by atoms with E-state index < -0.39 is 0 Å². The Kier molecular flexibility index (Phi) is 5.22. The van der Waals surface area contributed by atoms with Crippen molar-refractivity contribution >= 4 is 38.6 Å². The van der Waals surface area contributed by atoms with Gasteiger partial charge in [0, 0.05) is 5.56 Å². The van der Waals surface area contributed by atoms with Gasteiger partial charge in [-0.15, -0.1) is 0 Å². The van der Waals surface area contributed by atoms with Crippen molar-refractivity contribution < 1.29 is 9.79 Å². The lowest BCUT2D eigenvalue weighted by Gasteiger charge is -2.03. The van der Waals surface area contributed by atoms with Gasteiger partial charge in [0.15, 0.2) is 5.13 Å². The predicted octanol–water partition coefficient (Wildman–Crippen LogP) is 2.07. The summed E-state index contributed by atoms with van der Waals surface area (Å²) in [5.74, 6) is -0.0666. The molecule has 1 heterocycles. The highest BCUT2D eigenvalue weighted by Crippen LogP contribution is 2.30. The van der Waals surface area contributed by atoms with E-state index in [0.29, 0.717) is 17.2 Å². The summed E-state index contributed by atoms with van der Waals surface area (Å²) in [5, 5.41) is 3.46. The SMILES string of the molecule is NC(N)=[NH+]Cc1cccc(C(=O)Nc2nc3ccc(-c4ccccc4)cc3s2)c1. The molecule has 0 unspecified atom stereocenters. The molecule has 4 aromatic rings. The minimum Gasteiger partial charge on any atom is -0.298 e. The van der Waals surface area contributed by atoms with Crippen LogP contribution in [0.4, 0.5) is 5.13 Å². The van der Waals surface area contributed by atoms with Gasteiger partial charge in [0.1, 0.15) is 0 Å². The Morgan fingerprint density at radius 3 is 2.59 bits per heavy atom. The average molecular weight is 403 g/mol. The molecule has 3 aromatic carbocycles. The summed E-state index contributed by atoms with van der Waals surface area (Å²) in [6.45, 7) is 0.451. The van der Waals surface area contributed by atoms with Crippen LogP contribution in [0.1, 0.15) is 15.9 Å². The van der Waals surface area contributed by atoms with Crippen LogP contribution in [0.5, 0.6) is 0 Å². The zero-order chi connectivity index (χ0) is 20.2. The number of anilines is 1. The average Bonchev–Trinajstić information content (AvgIpc) is 3.14. The Morgan fingerprint density at radius 1 is 0.966 bits per heavy atom. The van der Waals surface area contributed by atoms with Crippen molar-refractivity contribution in [2.75, 3.05) is 5.32 Å². The lowest BCUT2D eigenvalue weighted by atomic mass is 10.1. The number of nitrogens with one attached hydrogen (secondary N) is 2. The van der Waals surface area contributed by atoms with E-state index in [4.69, 9.17) is 11.5 Å². The lowest BCUT2D eigenvalue weighted by Crippen LogP contribution is -2.76. The minimum absolute atomic E-state index is 0.143. The van der Waals surface area contributed by atoms with Gasteiger partial charge in [-0.3, -0.25) is 26.6 Å². The van der Waals surface area contributed by atoms with E-state index in [2.05, 4.69) is 33.5 Å². The molecule has 0 aliphatic heterocycles. The smallest absolute Gasteiger partial charge is 0.298 e. The number of carbonyl (C=O) groups excluding carboxylic acids is 1. The molecule has 0 bridgehead atoms. The Morgan fingerprint density at radius 2 is 1.79 bits per heavy atom. The van der Waals surface area contributed by atoms with Crippen molar-refractivity contribution in [3.05, 3.63) is 83.9 Å². The van der Waals surface area contributed by atoms with Crippen LogP contribution in [0.3, 0.4) is 0 Å². The first-order valence-electron chi connectivity index (χ1n) is 9.06. The van der Waals surface area contributed by atoms with E-state index in [1.165, 1.54) is 11.3 Å². The minimum atomic E-state index is -0.209. The number of nitrogens with two attached hydrogens (primary N) is 2. The fraction of sp³-hybridized carbons (Fsp3) is 0.0455. The van der Waals surface area contributed by atoms with Crippen molar-refractivity contribution in [2.24, 2.45) is 11.5 Å². The van der Waals surface area contributed by atoms with E-state index >= 15 is 0 Å². The molecule has 0 aliphatic rings. The van der Waals surface area contributed by atoms with Gasteiger partial charge < -0.3 is 0 Å². The second-order valence-electron chi connectivity index (χ2n) is 6.53. The topological polar surface area (TPSA) is 108 Å². The maximum atomic E-state index is 12.7. The fourth-order valence-electron chi connectivity index (χ4n) is 2.98. The first kappa shape index (κ1) is 18.6. The van der Waals surface area contributed by atoms with Gasteiger partial charge in [-0.1, -0.05) is 59.9 Å². The summed E-state index contributed by atoms with van der Waals surface area (Å²) in [6.07, 6.45) is 0. The van der Waals surface area contributed by atoms with Crippen LogP contribution < -0.4 is 21.8 Å². The number of hydrogen-bond acceptors (Lipinski definition) is 3. The predicted molar refractivity (Wildman–Crippen MR) is 117 cm³/mol. The maximum absolute atomic E-state index is 12.7. The van der Waals surface area contributed by atoms with Crippen LogP contribution in [0.25, 0.3) is 21.3 Å². The van der Waals surface area contributed by atoms with Crippen molar-refractivity contribution in [2.45, 2.75) is 6.54 Å². The third-order valence-electron chi connectivity index (χ3n) is 4.40. The Hall–Kier alpha value is -3.71. The van der Waals surface area contributed by atoms with Gasteiger partial charge in [-0.25, -0.2) is 4.98 Å². The molecule has 0 fully saturated rings. The summed E-state index contributed by atoms with van der Waals surface area (Å²) in [5.41, 5.74) is 15.4. The van der Waals surface area contributed by atoms with Gasteiger partial charge in [-0.2, -0.15) is 0 Å². The van der Waals surface area contributed by atoms with E-state index in [1.54, 1.807) is 12.1 Å². The zero-order valence-electron chi connectivity index (χ0n) is 15.6. The van der Waals surface area contributed by atoms with E-state index in [9.17, 15) is 4.79 Å². The third kappa shape index (κ3) is 4.41. The molecule has 29 heavy (non-hydrogen) atoms. The standard InChI is InChI=1S/C22H19N5OS/c23-21(24)25-13-14-5-4-8-17(11-14)20(28)27-22-26-18-10-9-16(12-19(18)29-22)15-6-2-1-3-7-15/h1-12H,13H2,(H4,23,24,25)(H,26,27,28)/p+1. The molecule has 0 spiro atoms. The highest BCUT2D eigenvalue weighted by atomic mass is 32.1. The van der Waals surface area contributed by atoms with Gasteiger partial charge in [-0.05, 0) is 41.0 Å². The molecule has 1 amide bonds. The highest BCUT2D eigenvalue weighted by molar-refractivity contribution is 7.22. The quantitative estimate of drug-likeness (QED) is 0.303. The summed E-state index contributed by atoms with van der Waals surface area (Å²) in [4.78, 5) is 20.0. The number of benzene rings is 3. The fourth-order valence-corrected chi connectivity index (χ4v) is 3.88. The number of amides is 1. The van der Waals surface area contributed by atoms with E-state index in [1.807, 2.05) is 42.5 Å². The van der Waals surface area contributed by atoms with Crippen LogP contribution >= 0.6 is 11.3 Å². The largest absolute Gasteiger partial charge is 0.339 e. The number of nitrogens with zero attached hydrogens (tertiary/aromatic N) is 1. The van der Waals surface area contributed by atoms with E-state index in [0.717, 1.165) is 26.9 Å². The Balaban J connectivity index is 1.54. The van der Waals surface area contributed by atoms with Crippen molar-refractivity contribution in [3.8, 4) is 11.1 Å². The highest BCUT2D eigenvalue weighted by Gasteiger charge is 2.11. The van der Waals surface area contributed by atoms with Crippen LogP contribution in [-0.2, 0) is 6.54 Å². The number of fused-ring (bicyclic) bond motifs is 1. The number of thiazole rings is 1. The summed E-state index contributed by atoms with van der Waals surface area (Å²) < 4.78 is 1.02. The van der Waals surface area contributed by atoms with Crippen LogP contribution in [0.15, 0.2) is 72.8 Å². The number of carbonyl (C=O) groups is 1. The molecule has 1 aromatic heterocycles. The first-order valence-corrected chi connectivity index (χ1v) is 9.88. The second kappa shape index (κ2) is 8.12. The van der Waals surface area contributed by atoms with Gasteiger partial charge >= 0.3 is 5.96 Å². The molecule has 4 rings (SSSR count). The van der Waals surface area contributed by atoms with Crippen molar-refractivity contribution in [3.63, 3.8) is 0 Å². The molecular weight excluding hydrogens is 382 g/mol. The molecule has 0 atom stereocenters. The molecule has 0 saturated carbocycles. The number of guanidine groups is 1. The van der Waals surface area contributed by atoms with Crippen LogP contribution in [-0.4, -0.2) is 16.9 Å².